The molecule has 3 rings (SSSR count). The zero-order valence-corrected chi connectivity index (χ0v) is 17.1. The highest BCUT2D eigenvalue weighted by Crippen LogP contribution is 2.31. The molecule has 1 saturated heterocycles. The van der Waals surface area contributed by atoms with Crippen LogP contribution >= 0.6 is 0 Å². The number of rotatable bonds is 5. The van der Waals surface area contributed by atoms with Crippen LogP contribution in [0.5, 0.6) is 5.75 Å². The average molecular weight is 375 g/mol. The number of ether oxygens (including phenoxy) is 2. The lowest BCUT2D eigenvalue weighted by Gasteiger charge is -2.32. The minimum atomic E-state index is -0.480. The lowest BCUT2D eigenvalue weighted by molar-refractivity contribution is 0.0577. The second kappa shape index (κ2) is 8.96. The van der Waals surface area contributed by atoms with Crippen LogP contribution in [0.15, 0.2) is 18.2 Å². The number of nitrogens with zero attached hydrogens (tertiary/aromatic N) is 2. The Labute approximate surface area is 163 Å². The van der Waals surface area contributed by atoms with Gasteiger partial charge < -0.3 is 14.4 Å². The molecule has 5 heteroatoms. The maximum Gasteiger partial charge on any atom is 0.414 e. The molecular formula is C22H34N2O3. The molecule has 1 aromatic rings. The molecule has 0 aliphatic carbocycles. The van der Waals surface area contributed by atoms with E-state index in [2.05, 4.69) is 11.0 Å². The highest BCUT2D eigenvalue weighted by atomic mass is 16.6. The number of hydrogen-bond donors (Lipinski definition) is 0. The number of likely N-dealkylation sites (tertiary alicyclic amines) is 1. The average Bonchev–Trinajstić information content (AvgIpc) is 2.64. The standard InChI is InChI=1S/C22H34N2O3/c1-22(2,3)27-21(25)24-15-7-9-18-17-19(10-11-20(18)24)26-16-8-14-23-12-5-4-6-13-23/h10-11,17H,4-9,12-16H2,1-3H3. The van der Waals surface area contributed by atoms with Crippen LogP contribution in [0.1, 0.15) is 58.4 Å². The Kier molecular flexibility index (Phi) is 6.64. The predicted molar refractivity (Wildman–Crippen MR) is 109 cm³/mol. The van der Waals surface area contributed by atoms with Crippen molar-refractivity contribution in [3.05, 3.63) is 23.8 Å². The van der Waals surface area contributed by atoms with Crippen molar-refractivity contribution in [2.75, 3.05) is 37.7 Å². The second-order valence-electron chi connectivity index (χ2n) is 8.63. The first kappa shape index (κ1) is 20.0. The van der Waals surface area contributed by atoms with Crippen LogP contribution < -0.4 is 9.64 Å². The van der Waals surface area contributed by atoms with Crippen molar-refractivity contribution in [3.63, 3.8) is 0 Å². The fourth-order valence-corrected chi connectivity index (χ4v) is 3.83. The van der Waals surface area contributed by atoms with Crippen LogP contribution in [0.25, 0.3) is 0 Å². The third kappa shape index (κ3) is 5.86. The summed E-state index contributed by atoms with van der Waals surface area (Å²) in [6, 6.07) is 6.06. The summed E-state index contributed by atoms with van der Waals surface area (Å²) in [6.45, 7) is 10.7. The van der Waals surface area contributed by atoms with Crippen molar-refractivity contribution in [2.45, 2.75) is 64.9 Å². The Balaban J connectivity index is 1.53. The first-order valence-electron chi connectivity index (χ1n) is 10.4. The molecule has 0 radical (unpaired) electrons. The van der Waals surface area contributed by atoms with Gasteiger partial charge in [0.05, 0.1) is 12.3 Å². The number of benzene rings is 1. The molecule has 0 spiro atoms. The number of hydrogen-bond acceptors (Lipinski definition) is 4. The fourth-order valence-electron chi connectivity index (χ4n) is 3.83. The molecule has 1 aromatic carbocycles. The normalized spacial score (nSPS) is 18.1. The minimum absolute atomic E-state index is 0.265. The van der Waals surface area contributed by atoms with Crippen LogP contribution in [-0.2, 0) is 11.2 Å². The van der Waals surface area contributed by atoms with Crippen molar-refractivity contribution in [1.82, 2.24) is 4.90 Å². The third-order valence-corrected chi connectivity index (χ3v) is 5.12. The Hall–Kier alpha value is -1.75. The van der Waals surface area contributed by atoms with E-state index in [0.717, 1.165) is 43.9 Å². The number of piperidine rings is 1. The molecule has 0 atom stereocenters. The van der Waals surface area contributed by atoms with Crippen molar-refractivity contribution < 1.29 is 14.3 Å². The SMILES string of the molecule is CC(C)(C)OC(=O)N1CCCc2cc(OCCCN3CCCCC3)ccc21. The van der Waals surface area contributed by atoms with Gasteiger partial charge in [0.1, 0.15) is 11.4 Å². The van der Waals surface area contributed by atoms with Gasteiger partial charge in [-0.3, -0.25) is 4.90 Å². The summed E-state index contributed by atoms with van der Waals surface area (Å²) in [7, 11) is 0. The summed E-state index contributed by atoms with van der Waals surface area (Å²) in [5, 5.41) is 0. The van der Waals surface area contributed by atoms with Crippen LogP contribution in [-0.4, -0.2) is 49.4 Å². The van der Waals surface area contributed by atoms with Crippen molar-refractivity contribution in [3.8, 4) is 5.75 Å². The highest BCUT2D eigenvalue weighted by Gasteiger charge is 2.27. The van der Waals surface area contributed by atoms with Crippen LogP contribution in [0.3, 0.4) is 0 Å². The molecule has 1 fully saturated rings. The van der Waals surface area contributed by atoms with Gasteiger partial charge in [0.2, 0.25) is 0 Å². The molecule has 0 N–H and O–H groups in total. The molecule has 2 aliphatic rings. The smallest absolute Gasteiger partial charge is 0.414 e. The molecule has 2 aliphatic heterocycles. The van der Waals surface area contributed by atoms with E-state index in [4.69, 9.17) is 9.47 Å². The molecule has 150 valence electrons. The third-order valence-electron chi connectivity index (χ3n) is 5.12. The van der Waals surface area contributed by atoms with E-state index >= 15 is 0 Å². The van der Waals surface area contributed by atoms with Crippen LogP contribution in [0.4, 0.5) is 10.5 Å². The monoisotopic (exact) mass is 374 g/mol. The van der Waals surface area contributed by atoms with Crippen LogP contribution in [0, 0.1) is 0 Å². The Bertz CT molecular complexity index is 633. The molecule has 5 nitrogen and oxygen atoms in total. The molecule has 1 amide bonds. The number of carbonyl (C=O) groups excluding carboxylic acids is 1. The number of amides is 1. The van der Waals surface area contributed by atoms with Gasteiger partial charge in [0.25, 0.3) is 0 Å². The van der Waals surface area contributed by atoms with Gasteiger partial charge in [0.15, 0.2) is 0 Å². The summed E-state index contributed by atoms with van der Waals surface area (Å²) in [4.78, 5) is 16.8. The zero-order valence-electron chi connectivity index (χ0n) is 17.1. The van der Waals surface area contributed by atoms with E-state index in [-0.39, 0.29) is 6.09 Å². The van der Waals surface area contributed by atoms with Gasteiger partial charge in [-0.05, 0) is 89.7 Å². The molecular weight excluding hydrogens is 340 g/mol. The maximum atomic E-state index is 12.5. The molecule has 0 bridgehead atoms. The summed E-state index contributed by atoms with van der Waals surface area (Å²) < 4.78 is 11.5. The summed E-state index contributed by atoms with van der Waals surface area (Å²) in [6.07, 6.45) is 6.76. The summed E-state index contributed by atoms with van der Waals surface area (Å²) in [5.41, 5.74) is 1.64. The van der Waals surface area contributed by atoms with E-state index in [1.807, 2.05) is 32.9 Å². The van der Waals surface area contributed by atoms with Crippen LogP contribution in [0.2, 0.25) is 0 Å². The molecule has 27 heavy (non-hydrogen) atoms. The van der Waals surface area contributed by atoms with E-state index in [0.29, 0.717) is 6.54 Å². The number of aryl methyl sites for hydroxylation is 1. The van der Waals surface area contributed by atoms with E-state index in [1.54, 1.807) is 4.90 Å². The van der Waals surface area contributed by atoms with E-state index in [9.17, 15) is 4.79 Å². The topological polar surface area (TPSA) is 42.0 Å². The molecule has 0 saturated carbocycles. The van der Waals surface area contributed by atoms with E-state index < -0.39 is 5.60 Å². The zero-order chi connectivity index (χ0) is 19.3. The fraction of sp³-hybridized carbons (Fsp3) is 0.682. The Morgan fingerprint density at radius 2 is 1.85 bits per heavy atom. The largest absolute Gasteiger partial charge is 0.494 e. The number of carbonyl (C=O) groups is 1. The molecule has 0 unspecified atom stereocenters. The van der Waals surface area contributed by atoms with Crippen molar-refractivity contribution >= 4 is 11.8 Å². The van der Waals surface area contributed by atoms with Gasteiger partial charge in [0, 0.05) is 13.1 Å². The predicted octanol–water partition coefficient (Wildman–Crippen LogP) is 4.63. The lowest BCUT2D eigenvalue weighted by atomic mass is 10.0. The quantitative estimate of drug-likeness (QED) is 0.705. The van der Waals surface area contributed by atoms with Gasteiger partial charge >= 0.3 is 6.09 Å². The molecule has 0 aromatic heterocycles. The first-order valence-corrected chi connectivity index (χ1v) is 10.4. The second-order valence-corrected chi connectivity index (χ2v) is 8.63. The first-order chi connectivity index (χ1) is 12.9. The van der Waals surface area contributed by atoms with Gasteiger partial charge in [-0.1, -0.05) is 6.42 Å². The number of anilines is 1. The Morgan fingerprint density at radius 3 is 2.59 bits per heavy atom. The maximum absolute atomic E-state index is 12.5. The van der Waals surface area contributed by atoms with Crippen molar-refractivity contribution in [1.29, 1.82) is 0 Å². The molecule has 2 heterocycles. The van der Waals surface area contributed by atoms with Gasteiger partial charge in [-0.15, -0.1) is 0 Å². The Morgan fingerprint density at radius 1 is 1.07 bits per heavy atom. The minimum Gasteiger partial charge on any atom is -0.494 e. The van der Waals surface area contributed by atoms with Gasteiger partial charge in [-0.2, -0.15) is 0 Å². The van der Waals surface area contributed by atoms with E-state index in [1.165, 1.54) is 37.9 Å². The highest BCUT2D eigenvalue weighted by molar-refractivity contribution is 5.89. The van der Waals surface area contributed by atoms with Crippen molar-refractivity contribution in [2.24, 2.45) is 0 Å². The number of fused-ring (bicyclic) bond motifs is 1. The summed E-state index contributed by atoms with van der Waals surface area (Å²) in [5.74, 6) is 0.901. The lowest BCUT2D eigenvalue weighted by Crippen LogP contribution is -2.39. The summed E-state index contributed by atoms with van der Waals surface area (Å²) >= 11 is 0. The van der Waals surface area contributed by atoms with Gasteiger partial charge in [-0.25, -0.2) is 4.79 Å².